The molecule has 0 atom stereocenters. The van der Waals surface area contributed by atoms with E-state index in [4.69, 9.17) is 9.47 Å². The number of urea groups is 1. The molecule has 3 aromatic carbocycles. The number of carbonyl (C=O) groups excluding carboxylic acids is 2. The topological polar surface area (TPSA) is 88.7 Å². The average Bonchev–Trinajstić information content (AvgIpc) is 2.77. The molecule has 0 aliphatic rings. The molecule has 0 aliphatic heterocycles. The van der Waals surface area contributed by atoms with Crippen molar-refractivity contribution in [3.8, 4) is 11.5 Å². The van der Waals surface area contributed by atoms with Crippen molar-refractivity contribution in [1.82, 2.24) is 0 Å². The van der Waals surface area contributed by atoms with E-state index in [0.29, 0.717) is 35.8 Å². The van der Waals surface area contributed by atoms with Gasteiger partial charge in [0, 0.05) is 11.4 Å². The van der Waals surface area contributed by atoms with Crippen LogP contribution in [0.4, 0.5) is 21.9 Å². The second kappa shape index (κ2) is 10.7. The molecular weight excluding hydrogens is 394 g/mol. The van der Waals surface area contributed by atoms with Crippen molar-refractivity contribution in [3.63, 3.8) is 0 Å². The Morgan fingerprint density at radius 3 is 1.74 bits per heavy atom. The van der Waals surface area contributed by atoms with E-state index in [9.17, 15) is 9.59 Å². The highest BCUT2D eigenvalue weighted by atomic mass is 16.5. The quantitative estimate of drug-likeness (QED) is 0.457. The number of nitrogens with one attached hydrogen (secondary N) is 3. The minimum atomic E-state index is -0.453. The molecule has 3 rings (SSSR count). The van der Waals surface area contributed by atoms with Crippen molar-refractivity contribution in [1.29, 1.82) is 0 Å². The summed E-state index contributed by atoms with van der Waals surface area (Å²) in [6, 6.07) is 20.5. The molecule has 0 saturated heterocycles. The zero-order valence-electron chi connectivity index (χ0n) is 17.5. The molecule has 31 heavy (non-hydrogen) atoms. The fraction of sp³-hybridized carbons (Fsp3) is 0.167. The van der Waals surface area contributed by atoms with Crippen LogP contribution in [0.5, 0.6) is 11.5 Å². The van der Waals surface area contributed by atoms with E-state index < -0.39 is 6.03 Å². The van der Waals surface area contributed by atoms with Gasteiger partial charge in [0.05, 0.1) is 24.5 Å². The maximum absolute atomic E-state index is 12.8. The third-order valence-electron chi connectivity index (χ3n) is 4.27. The monoisotopic (exact) mass is 419 g/mol. The smallest absolute Gasteiger partial charge is 0.323 e. The zero-order chi connectivity index (χ0) is 22.1. The Hall–Kier alpha value is -4.00. The Balaban J connectivity index is 1.64. The van der Waals surface area contributed by atoms with E-state index in [-0.39, 0.29) is 5.91 Å². The molecular formula is C24H25N3O4. The summed E-state index contributed by atoms with van der Waals surface area (Å²) in [5.74, 6) is 1.12. The molecule has 3 amide bonds. The highest BCUT2D eigenvalue weighted by molar-refractivity contribution is 6.11. The number of anilines is 3. The van der Waals surface area contributed by atoms with Gasteiger partial charge < -0.3 is 25.4 Å². The van der Waals surface area contributed by atoms with Crippen molar-refractivity contribution < 1.29 is 19.1 Å². The van der Waals surface area contributed by atoms with Crippen LogP contribution in [0.1, 0.15) is 24.2 Å². The van der Waals surface area contributed by atoms with E-state index in [1.807, 2.05) is 13.8 Å². The lowest BCUT2D eigenvalue weighted by Crippen LogP contribution is -2.22. The summed E-state index contributed by atoms with van der Waals surface area (Å²) in [7, 11) is 0. The highest BCUT2D eigenvalue weighted by Gasteiger charge is 2.13. The van der Waals surface area contributed by atoms with E-state index in [0.717, 1.165) is 11.5 Å². The SMILES string of the molecule is CCOc1ccc(NC(=O)Nc2ccccc2C(=O)Nc2ccc(OCC)cc2)cc1. The van der Waals surface area contributed by atoms with Crippen molar-refractivity contribution in [3.05, 3.63) is 78.4 Å². The van der Waals surface area contributed by atoms with Gasteiger partial charge in [0.25, 0.3) is 5.91 Å². The molecule has 0 aliphatic carbocycles. The number of hydrogen-bond acceptors (Lipinski definition) is 4. The summed E-state index contributed by atoms with van der Waals surface area (Å²) < 4.78 is 10.8. The van der Waals surface area contributed by atoms with Gasteiger partial charge in [-0.05, 0) is 74.5 Å². The minimum Gasteiger partial charge on any atom is -0.494 e. The van der Waals surface area contributed by atoms with Gasteiger partial charge in [-0.2, -0.15) is 0 Å². The number of rotatable bonds is 8. The lowest BCUT2D eigenvalue weighted by atomic mass is 10.1. The van der Waals surface area contributed by atoms with Gasteiger partial charge in [-0.15, -0.1) is 0 Å². The van der Waals surface area contributed by atoms with E-state index in [2.05, 4.69) is 16.0 Å². The van der Waals surface area contributed by atoms with Crippen molar-refractivity contribution >= 4 is 29.0 Å². The minimum absolute atomic E-state index is 0.332. The molecule has 0 unspecified atom stereocenters. The van der Waals surface area contributed by atoms with Crippen LogP contribution in [0.2, 0.25) is 0 Å². The second-order valence-electron chi connectivity index (χ2n) is 6.49. The van der Waals surface area contributed by atoms with Gasteiger partial charge in [0.15, 0.2) is 0 Å². The number of carbonyl (C=O) groups is 2. The molecule has 7 nitrogen and oxygen atoms in total. The van der Waals surface area contributed by atoms with Crippen LogP contribution in [0.3, 0.4) is 0 Å². The lowest BCUT2D eigenvalue weighted by molar-refractivity contribution is 0.102. The van der Waals surface area contributed by atoms with E-state index >= 15 is 0 Å². The molecule has 0 spiro atoms. The normalized spacial score (nSPS) is 10.1. The summed E-state index contributed by atoms with van der Waals surface area (Å²) in [4.78, 5) is 25.2. The van der Waals surface area contributed by atoms with Gasteiger partial charge in [0.1, 0.15) is 11.5 Å². The van der Waals surface area contributed by atoms with Crippen LogP contribution >= 0.6 is 0 Å². The number of para-hydroxylation sites is 1. The van der Waals surface area contributed by atoms with Crippen LogP contribution in [-0.2, 0) is 0 Å². The number of hydrogen-bond donors (Lipinski definition) is 3. The Morgan fingerprint density at radius 2 is 1.19 bits per heavy atom. The maximum Gasteiger partial charge on any atom is 0.323 e. The van der Waals surface area contributed by atoms with Crippen molar-refractivity contribution in [2.24, 2.45) is 0 Å². The first-order valence-electron chi connectivity index (χ1n) is 10.0. The Kier molecular flexibility index (Phi) is 7.48. The molecule has 160 valence electrons. The van der Waals surface area contributed by atoms with Gasteiger partial charge >= 0.3 is 6.03 Å². The van der Waals surface area contributed by atoms with Crippen LogP contribution in [0.15, 0.2) is 72.8 Å². The van der Waals surface area contributed by atoms with Gasteiger partial charge in [-0.3, -0.25) is 4.79 Å². The number of amides is 3. The number of benzene rings is 3. The molecule has 0 saturated carbocycles. The maximum atomic E-state index is 12.8. The number of ether oxygens (including phenoxy) is 2. The molecule has 0 fully saturated rings. The zero-order valence-corrected chi connectivity index (χ0v) is 17.5. The highest BCUT2D eigenvalue weighted by Crippen LogP contribution is 2.21. The molecule has 0 heterocycles. The van der Waals surface area contributed by atoms with Gasteiger partial charge in [-0.1, -0.05) is 12.1 Å². The van der Waals surface area contributed by atoms with Crippen LogP contribution in [0, 0.1) is 0 Å². The van der Waals surface area contributed by atoms with E-state index in [1.165, 1.54) is 0 Å². The third-order valence-corrected chi connectivity index (χ3v) is 4.27. The lowest BCUT2D eigenvalue weighted by Gasteiger charge is -2.13. The molecule has 7 heteroatoms. The summed E-state index contributed by atoms with van der Waals surface area (Å²) in [5, 5.41) is 8.30. The van der Waals surface area contributed by atoms with E-state index in [1.54, 1.807) is 72.8 Å². The predicted molar refractivity (Wildman–Crippen MR) is 122 cm³/mol. The summed E-state index contributed by atoms with van der Waals surface area (Å²) in [5.41, 5.74) is 1.98. The average molecular weight is 419 g/mol. The first kappa shape index (κ1) is 21.7. The Morgan fingerprint density at radius 1 is 0.677 bits per heavy atom. The first-order valence-corrected chi connectivity index (χ1v) is 10.0. The molecule has 0 bridgehead atoms. The summed E-state index contributed by atoms with van der Waals surface area (Å²) in [6.45, 7) is 4.96. The summed E-state index contributed by atoms with van der Waals surface area (Å²) >= 11 is 0. The van der Waals surface area contributed by atoms with Crippen LogP contribution in [-0.4, -0.2) is 25.2 Å². The third kappa shape index (κ3) is 6.24. The Labute approximate surface area is 181 Å². The van der Waals surface area contributed by atoms with Gasteiger partial charge in [0.2, 0.25) is 0 Å². The first-order chi connectivity index (χ1) is 15.1. The molecule has 3 N–H and O–H groups in total. The van der Waals surface area contributed by atoms with Crippen LogP contribution < -0.4 is 25.4 Å². The summed E-state index contributed by atoms with van der Waals surface area (Å²) in [6.07, 6.45) is 0. The fourth-order valence-corrected chi connectivity index (χ4v) is 2.88. The van der Waals surface area contributed by atoms with Crippen LogP contribution in [0.25, 0.3) is 0 Å². The van der Waals surface area contributed by atoms with Crippen molar-refractivity contribution in [2.75, 3.05) is 29.2 Å². The largest absolute Gasteiger partial charge is 0.494 e. The molecule has 0 aromatic heterocycles. The molecule has 0 radical (unpaired) electrons. The van der Waals surface area contributed by atoms with Gasteiger partial charge in [-0.25, -0.2) is 4.79 Å². The molecule has 3 aromatic rings. The van der Waals surface area contributed by atoms with Crippen molar-refractivity contribution in [2.45, 2.75) is 13.8 Å². The second-order valence-corrected chi connectivity index (χ2v) is 6.49. The fourth-order valence-electron chi connectivity index (χ4n) is 2.88. The predicted octanol–water partition coefficient (Wildman–Crippen LogP) is 5.38. The Bertz CT molecular complexity index is 1020. The standard InChI is InChI=1S/C24H25N3O4/c1-3-30-19-13-9-17(10-14-19)25-23(28)21-7-5-6-8-22(21)27-24(29)26-18-11-15-20(16-12-18)31-4-2/h5-16H,3-4H2,1-2H3,(H,25,28)(H2,26,27,29).